The van der Waals surface area contributed by atoms with Gasteiger partial charge in [-0.25, -0.2) is 0 Å². The quantitative estimate of drug-likeness (QED) is 0.718. The Labute approximate surface area is 164 Å². The molecule has 1 aliphatic heterocycles. The maximum atomic E-state index is 12.6. The maximum absolute atomic E-state index is 12.6. The number of hydrogen-bond acceptors (Lipinski definition) is 3. The van der Waals surface area contributed by atoms with Gasteiger partial charge in [0.15, 0.2) is 0 Å². The van der Waals surface area contributed by atoms with E-state index in [1.807, 2.05) is 48.5 Å². The molecule has 0 aliphatic carbocycles. The Bertz CT molecular complexity index is 1050. The molecule has 0 bridgehead atoms. The van der Waals surface area contributed by atoms with E-state index >= 15 is 0 Å². The Kier molecular flexibility index (Phi) is 5.26. The fourth-order valence-electron chi connectivity index (χ4n) is 3.87. The number of pyridine rings is 1. The molecule has 4 rings (SSSR count). The Morgan fingerprint density at radius 3 is 2.71 bits per heavy atom. The predicted octanol–water partition coefficient (Wildman–Crippen LogP) is 3.41. The molecule has 0 radical (unpaired) electrons. The van der Waals surface area contributed by atoms with Crippen LogP contribution in [0.4, 0.5) is 0 Å². The first kappa shape index (κ1) is 18.4. The molecule has 2 heterocycles. The van der Waals surface area contributed by atoms with Gasteiger partial charge in [0.2, 0.25) is 0 Å². The molecule has 2 N–H and O–H groups in total. The number of nitrogens with zero attached hydrogens (tertiary/aromatic N) is 1. The molecule has 0 saturated carbocycles. The summed E-state index contributed by atoms with van der Waals surface area (Å²) >= 11 is 0. The van der Waals surface area contributed by atoms with Gasteiger partial charge < -0.3 is 10.3 Å². The number of fused-ring (bicyclic) bond motifs is 1. The van der Waals surface area contributed by atoms with Crippen molar-refractivity contribution in [3.05, 3.63) is 70.6 Å². The highest BCUT2D eigenvalue weighted by atomic mass is 16.1. The lowest BCUT2D eigenvalue weighted by Gasteiger charge is -2.23. The summed E-state index contributed by atoms with van der Waals surface area (Å²) in [6.45, 7) is 5.06. The number of hydrogen-bond donors (Lipinski definition) is 2. The van der Waals surface area contributed by atoms with Gasteiger partial charge in [0.25, 0.3) is 11.5 Å². The number of H-pyrrole nitrogens is 1. The molecule has 1 atom stereocenters. The van der Waals surface area contributed by atoms with Crippen molar-refractivity contribution in [2.24, 2.45) is 0 Å². The van der Waals surface area contributed by atoms with Crippen molar-refractivity contribution in [2.75, 3.05) is 19.6 Å². The first-order chi connectivity index (χ1) is 13.6. The minimum atomic E-state index is -0.0932. The summed E-state index contributed by atoms with van der Waals surface area (Å²) in [4.78, 5) is 29.6. The number of nitrogens with one attached hydrogen (secondary N) is 2. The van der Waals surface area contributed by atoms with Gasteiger partial charge in [0.05, 0.1) is 0 Å². The highest BCUT2D eigenvalue weighted by Crippen LogP contribution is 2.24. The number of carbonyl (C=O) groups excluding carboxylic acids is 1. The van der Waals surface area contributed by atoms with Crippen molar-refractivity contribution in [2.45, 2.75) is 25.8 Å². The first-order valence-electron chi connectivity index (χ1n) is 9.86. The van der Waals surface area contributed by atoms with Crippen LogP contribution in [0.2, 0.25) is 0 Å². The number of aromatic nitrogens is 1. The minimum Gasteiger partial charge on any atom is -0.350 e. The number of likely N-dealkylation sites (tertiary alicyclic amines) is 1. The molecule has 1 saturated heterocycles. The molecule has 1 fully saturated rings. The van der Waals surface area contributed by atoms with E-state index in [1.54, 1.807) is 6.20 Å². The van der Waals surface area contributed by atoms with E-state index in [0.717, 1.165) is 29.6 Å². The zero-order chi connectivity index (χ0) is 19.5. The van der Waals surface area contributed by atoms with Crippen LogP contribution in [0.5, 0.6) is 0 Å². The molecular formula is C23H25N3O2. The highest BCUT2D eigenvalue weighted by Gasteiger charge is 2.18. The monoisotopic (exact) mass is 375 g/mol. The largest absolute Gasteiger partial charge is 0.350 e. The van der Waals surface area contributed by atoms with Gasteiger partial charge in [0, 0.05) is 29.7 Å². The predicted molar refractivity (Wildman–Crippen MR) is 113 cm³/mol. The smallest absolute Gasteiger partial charge is 0.255 e. The fraction of sp³-hybridized carbons (Fsp3) is 0.304. The average Bonchev–Trinajstić information content (AvgIpc) is 3.27. The summed E-state index contributed by atoms with van der Waals surface area (Å²) < 4.78 is 0. The van der Waals surface area contributed by atoms with E-state index in [9.17, 15) is 9.59 Å². The van der Waals surface area contributed by atoms with Crippen molar-refractivity contribution < 1.29 is 4.79 Å². The molecule has 5 nitrogen and oxygen atoms in total. The zero-order valence-electron chi connectivity index (χ0n) is 16.1. The summed E-state index contributed by atoms with van der Waals surface area (Å²) in [6.07, 6.45) is 4.15. The van der Waals surface area contributed by atoms with Crippen LogP contribution in [-0.2, 0) is 0 Å². The van der Waals surface area contributed by atoms with Crippen LogP contribution in [0, 0.1) is 0 Å². The average molecular weight is 375 g/mol. The summed E-state index contributed by atoms with van der Waals surface area (Å²) in [6, 6.07) is 15.6. The Morgan fingerprint density at radius 2 is 1.89 bits per heavy atom. The standard InChI is InChI=1S/C23H25N3O2/c1-16(26-11-2-3-12-26)15-25-22(27)20-6-4-5-17(14-20)18-7-8-21-19(13-18)9-10-24-23(21)28/h4-10,13-14,16H,2-3,11-12,15H2,1H3,(H,24,28)(H,25,27). The molecule has 1 unspecified atom stereocenters. The van der Waals surface area contributed by atoms with Crippen LogP contribution < -0.4 is 10.9 Å². The molecular weight excluding hydrogens is 350 g/mol. The maximum Gasteiger partial charge on any atom is 0.255 e. The number of benzene rings is 2. The Morgan fingerprint density at radius 1 is 1.11 bits per heavy atom. The molecule has 3 aromatic rings. The lowest BCUT2D eigenvalue weighted by atomic mass is 10.00. The van der Waals surface area contributed by atoms with Crippen molar-refractivity contribution >= 4 is 16.7 Å². The molecule has 2 aromatic carbocycles. The van der Waals surface area contributed by atoms with Crippen LogP contribution in [0.3, 0.4) is 0 Å². The van der Waals surface area contributed by atoms with Gasteiger partial charge in [-0.2, -0.15) is 0 Å². The van der Waals surface area contributed by atoms with Crippen molar-refractivity contribution in [3.8, 4) is 11.1 Å². The molecule has 0 spiro atoms. The normalized spacial score (nSPS) is 15.6. The van der Waals surface area contributed by atoms with Crippen LogP contribution in [0.25, 0.3) is 21.9 Å². The molecule has 28 heavy (non-hydrogen) atoms. The second-order valence-electron chi connectivity index (χ2n) is 7.49. The molecule has 5 heteroatoms. The van der Waals surface area contributed by atoms with E-state index in [0.29, 0.717) is 23.5 Å². The molecule has 1 aliphatic rings. The van der Waals surface area contributed by atoms with Crippen molar-refractivity contribution in [1.29, 1.82) is 0 Å². The van der Waals surface area contributed by atoms with E-state index in [2.05, 4.69) is 22.1 Å². The number of amides is 1. The van der Waals surface area contributed by atoms with E-state index in [1.165, 1.54) is 12.8 Å². The minimum absolute atomic E-state index is 0.0508. The summed E-state index contributed by atoms with van der Waals surface area (Å²) in [7, 11) is 0. The van der Waals surface area contributed by atoms with Gasteiger partial charge in [-0.3, -0.25) is 14.5 Å². The van der Waals surface area contributed by atoms with Crippen LogP contribution in [0.15, 0.2) is 59.5 Å². The number of aromatic amines is 1. The third-order valence-corrected chi connectivity index (χ3v) is 5.55. The molecule has 144 valence electrons. The Balaban J connectivity index is 1.51. The summed E-state index contributed by atoms with van der Waals surface area (Å²) in [5, 5.41) is 4.61. The van der Waals surface area contributed by atoms with Gasteiger partial charge in [0.1, 0.15) is 0 Å². The van der Waals surface area contributed by atoms with Gasteiger partial charge >= 0.3 is 0 Å². The first-order valence-corrected chi connectivity index (χ1v) is 9.86. The topological polar surface area (TPSA) is 65.2 Å². The Hall–Kier alpha value is -2.92. The lowest BCUT2D eigenvalue weighted by Crippen LogP contribution is -2.40. The van der Waals surface area contributed by atoms with Crippen LogP contribution in [0.1, 0.15) is 30.1 Å². The third-order valence-electron chi connectivity index (χ3n) is 5.55. The second kappa shape index (κ2) is 7.98. The van der Waals surface area contributed by atoms with Gasteiger partial charge in [-0.15, -0.1) is 0 Å². The second-order valence-corrected chi connectivity index (χ2v) is 7.49. The van der Waals surface area contributed by atoms with Crippen molar-refractivity contribution in [3.63, 3.8) is 0 Å². The van der Waals surface area contributed by atoms with Crippen molar-refractivity contribution in [1.82, 2.24) is 15.2 Å². The van der Waals surface area contributed by atoms with Gasteiger partial charge in [-0.05, 0) is 79.7 Å². The third kappa shape index (κ3) is 3.85. The summed E-state index contributed by atoms with van der Waals surface area (Å²) in [5.74, 6) is -0.0508. The van der Waals surface area contributed by atoms with Gasteiger partial charge in [-0.1, -0.05) is 18.2 Å². The van der Waals surface area contributed by atoms with E-state index in [-0.39, 0.29) is 11.5 Å². The van der Waals surface area contributed by atoms with E-state index < -0.39 is 0 Å². The zero-order valence-corrected chi connectivity index (χ0v) is 16.1. The number of rotatable bonds is 5. The lowest BCUT2D eigenvalue weighted by molar-refractivity contribution is 0.0940. The fourth-order valence-corrected chi connectivity index (χ4v) is 3.87. The highest BCUT2D eigenvalue weighted by molar-refractivity contribution is 5.96. The van der Waals surface area contributed by atoms with Crippen LogP contribution >= 0.6 is 0 Å². The molecule has 1 amide bonds. The number of carbonyl (C=O) groups is 1. The molecule has 1 aromatic heterocycles. The van der Waals surface area contributed by atoms with E-state index in [4.69, 9.17) is 0 Å². The van der Waals surface area contributed by atoms with Crippen LogP contribution in [-0.4, -0.2) is 41.5 Å². The summed E-state index contributed by atoms with van der Waals surface area (Å²) in [5.41, 5.74) is 2.50. The SMILES string of the molecule is CC(CNC(=O)c1cccc(-c2ccc3c(=O)[nH]ccc3c2)c1)N1CCCC1.